The van der Waals surface area contributed by atoms with E-state index >= 15 is 0 Å². The first-order valence-electron chi connectivity index (χ1n) is 20.2. The summed E-state index contributed by atoms with van der Waals surface area (Å²) < 4.78 is 51.3. The van der Waals surface area contributed by atoms with Crippen LogP contribution in [0.3, 0.4) is 0 Å². The third kappa shape index (κ3) is 9.31. The highest BCUT2D eigenvalue weighted by Gasteiger charge is 2.55. The van der Waals surface area contributed by atoms with Crippen molar-refractivity contribution >= 4 is 12.0 Å². The van der Waals surface area contributed by atoms with Crippen molar-refractivity contribution in [2.75, 3.05) is 27.8 Å². The molecule has 4 aliphatic heterocycles. The summed E-state index contributed by atoms with van der Waals surface area (Å²) in [4.78, 5) is 20.9. The number of aliphatic imine (C=N–C) groups is 1. The number of methoxy groups -OCH3 is 2. The second-order valence-electron chi connectivity index (χ2n) is 17.4. The minimum absolute atomic E-state index is 0.0836. The Morgan fingerprint density at radius 3 is 2.09 bits per heavy atom. The predicted molar refractivity (Wildman–Crippen MR) is 203 cm³/mol. The topological polar surface area (TPSA) is 187 Å². The molecular formula is C40H72N2O13. The van der Waals surface area contributed by atoms with Crippen LogP contribution in [0, 0.1) is 23.7 Å². The van der Waals surface area contributed by atoms with Gasteiger partial charge in [-0.05, 0) is 73.6 Å². The summed E-state index contributed by atoms with van der Waals surface area (Å²) in [6.07, 6.45) is -8.34. The third-order valence-corrected chi connectivity index (χ3v) is 13.1. The molecular weight excluding hydrogens is 716 g/mol. The molecule has 0 radical (unpaired) electrons. The van der Waals surface area contributed by atoms with Gasteiger partial charge in [-0.1, -0.05) is 27.7 Å². The Kier molecular flexibility index (Phi) is 15.1. The van der Waals surface area contributed by atoms with Crippen LogP contribution in [0.4, 0.5) is 0 Å². The predicted octanol–water partition coefficient (Wildman–Crippen LogP) is 3.02. The van der Waals surface area contributed by atoms with E-state index in [9.17, 15) is 25.2 Å². The number of cyclic esters (lactones) is 1. The molecule has 0 aromatic rings. The zero-order valence-electron chi connectivity index (χ0n) is 35.6. The van der Waals surface area contributed by atoms with E-state index in [1.807, 2.05) is 46.6 Å². The summed E-state index contributed by atoms with van der Waals surface area (Å²) in [5, 5.41) is 46.0. The summed E-state index contributed by atoms with van der Waals surface area (Å²) >= 11 is 0. The first-order valence-corrected chi connectivity index (χ1v) is 20.2. The van der Waals surface area contributed by atoms with E-state index in [-0.39, 0.29) is 31.4 Å². The molecule has 4 saturated heterocycles. The van der Waals surface area contributed by atoms with E-state index in [0.717, 1.165) is 0 Å². The van der Waals surface area contributed by atoms with Crippen molar-refractivity contribution in [1.82, 2.24) is 4.90 Å². The monoisotopic (exact) mass is 789 g/mol. The molecule has 4 aliphatic rings. The van der Waals surface area contributed by atoms with Crippen LogP contribution in [0.5, 0.6) is 0 Å². The Balaban J connectivity index is 1.86. The van der Waals surface area contributed by atoms with Crippen LogP contribution >= 0.6 is 0 Å². The minimum Gasteiger partial charge on any atom is -0.459 e. The maximum absolute atomic E-state index is 14.3. The van der Waals surface area contributed by atoms with Crippen LogP contribution in [0.2, 0.25) is 0 Å². The summed E-state index contributed by atoms with van der Waals surface area (Å²) in [5.41, 5.74) is -4.07. The summed E-state index contributed by atoms with van der Waals surface area (Å²) in [7, 11) is 5.05. The van der Waals surface area contributed by atoms with Gasteiger partial charge in [0.05, 0.1) is 59.8 Å². The van der Waals surface area contributed by atoms with Gasteiger partial charge in [-0.3, -0.25) is 4.79 Å². The first-order chi connectivity index (χ1) is 25.6. The van der Waals surface area contributed by atoms with Crippen LogP contribution in [0.1, 0.15) is 102 Å². The zero-order valence-corrected chi connectivity index (χ0v) is 35.6. The van der Waals surface area contributed by atoms with Gasteiger partial charge in [0.15, 0.2) is 18.7 Å². The first kappa shape index (κ1) is 46.0. The Bertz CT molecular complexity index is 1310. The highest BCUT2D eigenvalue weighted by Crippen LogP contribution is 2.43. The molecule has 55 heavy (non-hydrogen) atoms. The second kappa shape index (κ2) is 18.1. The molecule has 0 saturated carbocycles. The highest BCUT2D eigenvalue weighted by molar-refractivity contribution is 5.76. The number of aliphatic hydroxyl groups excluding tert-OH is 3. The third-order valence-electron chi connectivity index (χ3n) is 13.1. The molecule has 0 spiro atoms. The van der Waals surface area contributed by atoms with Gasteiger partial charge in [-0.2, -0.15) is 0 Å². The van der Waals surface area contributed by atoms with Gasteiger partial charge >= 0.3 is 5.97 Å². The zero-order chi connectivity index (χ0) is 41.4. The van der Waals surface area contributed by atoms with E-state index < -0.39 is 108 Å². The van der Waals surface area contributed by atoms with E-state index in [0.29, 0.717) is 19.0 Å². The normalized spacial score (nSPS) is 49.9. The average molecular weight is 789 g/mol. The van der Waals surface area contributed by atoms with Gasteiger partial charge in [0.1, 0.15) is 17.8 Å². The van der Waals surface area contributed by atoms with Crippen LogP contribution in [0.25, 0.3) is 0 Å². The number of fused-ring (bicyclic) bond motifs is 1. The molecule has 0 aromatic heterocycles. The van der Waals surface area contributed by atoms with Crippen LogP contribution in [-0.4, -0.2) is 155 Å². The second-order valence-corrected chi connectivity index (χ2v) is 17.4. The maximum Gasteiger partial charge on any atom is 0.311 e. The number of ether oxygens (including phenoxy) is 8. The number of amidine groups is 1. The molecule has 1 unspecified atom stereocenters. The van der Waals surface area contributed by atoms with Crippen molar-refractivity contribution < 1.29 is 63.1 Å². The Morgan fingerprint density at radius 1 is 0.873 bits per heavy atom. The molecule has 4 fully saturated rings. The highest BCUT2D eigenvalue weighted by atomic mass is 16.7. The molecule has 320 valence electrons. The lowest BCUT2D eigenvalue weighted by atomic mass is 9.73. The SMILES string of the molecule is CCN=C1O[C@H]2[C@H](O[C@@H]3[C@@H](C)[C@H](O[C@H]4C[C@@](C)(OC)[C@@H](O)[C@H](C)O4)[C@@H](C)C(=O)O[C@H](CC)[C@@](C)(O)[C@H](O)[C@@H](C)C(O)[C@H](C)C[C@@]3(C)OC)O[C@H](C)C[C@@H]2N1C. The lowest BCUT2D eigenvalue weighted by Crippen LogP contribution is -2.61. The summed E-state index contributed by atoms with van der Waals surface area (Å²) in [6, 6.07) is 0.423. The molecule has 15 heteroatoms. The molecule has 0 amide bonds. The van der Waals surface area contributed by atoms with E-state index in [1.165, 1.54) is 14.0 Å². The number of aliphatic hydroxyl groups is 4. The van der Waals surface area contributed by atoms with Gasteiger partial charge in [0, 0.05) is 46.1 Å². The Morgan fingerprint density at radius 2 is 1.51 bits per heavy atom. The Labute approximate surface area is 328 Å². The largest absolute Gasteiger partial charge is 0.459 e. The fraction of sp³-hybridized carbons (Fsp3) is 0.950. The maximum atomic E-state index is 14.3. The summed E-state index contributed by atoms with van der Waals surface area (Å²) in [6.45, 7) is 20.2. The lowest BCUT2D eigenvalue weighted by Gasteiger charge is -2.49. The number of likely N-dealkylation sites (N-methyl/N-ethyl adjacent to an activating group) is 1. The molecule has 4 heterocycles. The molecule has 4 N–H and O–H groups in total. The fourth-order valence-corrected chi connectivity index (χ4v) is 9.38. The van der Waals surface area contributed by atoms with Gasteiger partial charge in [-0.25, -0.2) is 4.99 Å². The van der Waals surface area contributed by atoms with E-state index in [2.05, 4.69) is 4.99 Å². The fourth-order valence-electron chi connectivity index (χ4n) is 9.38. The minimum atomic E-state index is -1.90. The standard InChI is InChI=1S/C40H72N2O13/c1-15-27-40(11,47)32(44)22(5)29(43)20(3)18-39(10,49-14)34(55-36-31-26(17-21(4)50-36)42(12)37(54-31)41-16-2)23(6)30(24(7)35(46)52-27)53-28-19-38(9,48-13)33(45)25(8)51-28/h20-34,36,43-45,47H,15-19H2,1-14H3/t20-,21-,22+,23+,24-,25+,26+,27-,28+,29?,30+,31-,32-,33+,34-,36+,38-,39-,40-/m1/s1. The number of rotatable bonds is 8. The smallest absolute Gasteiger partial charge is 0.311 e. The van der Waals surface area contributed by atoms with Crippen molar-refractivity contribution in [3.63, 3.8) is 0 Å². The van der Waals surface area contributed by atoms with Crippen molar-refractivity contribution in [2.45, 2.75) is 192 Å². The number of carbonyl (C=O) groups is 1. The lowest BCUT2D eigenvalue weighted by molar-refractivity contribution is -0.315. The molecule has 4 rings (SSSR count). The van der Waals surface area contributed by atoms with Crippen LogP contribution in [-0.2, 0) is 42.7 Å². The number of hydrogen-bond donors (Lipinski definition) is 4. The van der Waals surface area contributed by atoms with Gasteiger partial charge < -0.3 is 63.2 Å². The van der Waals surface area contributed by atoms with Crippen molar-refractivity contribution in [3.8, 4) is 0 Å². The number of hydrogen-bond acceptors (Lipinski definition) is 14. The van der Waals surface area contributed by atoms with Crippen LogP contribution in [0.15, 0.2) is 4.99 Å². The van der Waals surface area contributed by atoms with Crippen molar-refractivity contribution in [2.24, 2.45) is 28.7 Å². The van der Waals surface area contributed by atoms with E-state index in [1.54, 1.807) is 41.7 Å². The molecule has 0 aromatic carbocycles. The average Bonchev–Trinajstić information content (AvgIpc) is 3.45. The van der Waals surface area contributed by atoms with Crippen molar-refractivity contribution in [1.29, 1.82) is 0 Å². The number of esters is 1. The van der Waals surface area contributed by atoms with Crippen LogP contribution < -0.4 is 0 Å². The molecule has 0 aliphatic carbocycles. The molecule has 0 bridgehead atoms. The van der Waals surface area contributed by atoms with Crippen molar-refractivity contribution in [3.05, 3.63) is 0 Å². The summed E-state index contributed by atoms with van der Waals surface area (Å²) in [5.74, 6) is -3.58. The van der Waals surface area contributed by atoms with E-state index in [4.69, 9.17) is 37.9 Å². The van der Waals surface area contributed by atoms with Gasteiger partial charge in [0.2, 0.25) is 0 Å². The molecule has 15 nitrogen and oxygen atoms in total. The molecule has 19 atom stereocenters. The van der Waals surface area contributed by atoms with Gasteiger partial charge in [0.25, 0.3) is 6.02 Å². The Hall–Kier alpha value is -1.66. The van der Waals surface area contributed by atoms with Gasteiger partial charge in [-0.15, -0.1) is 0 Å². The quantitative estimate of drug-likeness (QED) is 0.263. The number of carbonyl (C=O) groups excluding carboxylic acids is 1. The number of nitrogens with zero attached hydrogens (tertiary/aromatic N) is 2.